The Morgan fingerprint density at radius 3 is 1.39 bits per heavy atom. The zero-order valence-electron chi connectivity index (χ0n) is 33.2. The molecule has 6 aromatic rings. The monoisotopic (exact) mass is 967 g/mol. The highest BCUT2D eigenvalue weighted by molar-refractivity contribution is 6.17. The van der Waals surface area contributed by atoms with Gasteiger partial charge in [0.2, 0.25) is 11.6 Å². The summed E-state index contributed by atoms with van der Waals surface area (Å²) in [5, 5.41) is 14.9. The van der Waals surface area contributed by atoms with Gasteiger partial charge in [0.15, 0.2) is 11.6 Å². The average Bonchev–Trinajstić information content (AvgIpc) is 3.90. The summed E-state index contributed by atoms with van der Waals surface area (Å²) < 4.78 is 164. The number of halogens is 14. The number of H-pyrrole nitrogens is 1. The molecule has 348 valence electrons. The molecule has 0 saturated carbocycles. The molecule has 0 aliphatic rings. The van der Waals surface area contributed by atoms with Crippen molar-refractivity contribution in [1.82, 2.24) is 39.4 Å². The molecular weight excluding hydrogens is 939 g/mol. The predicted octanol–water partition coefficient (Wildman–Crippen LogP) is 4.91. The second-order valence-corrected chi connectivity index (χ2v) is 13.4. The summed E-state index contributed by atoms with van der Waals surface area (Å²) in [6.45, 7) is 5.15. The number of aromatic amines is 1. The number of nitrogens with zero attached hydrogens (tertiary/aromatic N) is 7. The van der Waals surface area contributed by atoms with Gasteiger partial charge < -0.3 is 21.5 Å². The Morgan fingerprint density at radius 2 is 1.08 bits per heavy atom. The first-order valence-corrected chi connectivity index (χ1v) is 17.7. The largest absolute Gasteiger partial charge is 1.00 e. The number of rotatable bonds is 7. The third-order valence-corrected chi connectivity index (χ3v) is 9.05. The SMILES string of the molecule is Cc1noc(C)c1C(=O)c1ccc(C(F)(F)F)c(CCl)c1.Cc1noc(C)c1C(=O)c1ccc(C(F)(F)F)c(Cn2nc(C(F)(F)F)n(C)c2=O)c1.Cn1c(C(F)(F)F)n[nH]c1=O.[Cl-]. The van der Waals surface area contributed by atoms with Crippen LogP contribution in [0.15, 0.2) is 55.0 Å². The first-order chi connectivity index (χ1) is 28.9. The minimum Gasteiger partial charge on any atom is -1.00 e. The van der Waals surface area contributed by atoms with Crippen molar-refractivity contribution in [3.8, 4) is 0 Å². The van der Waals surface area contributed by atoms with Crippen molar-refractivity contribution in [3.05, 3.63) is 136 Å². The number of alkyl halides is 13. The van der Waals surface area contributed by atoms with Crippen LogP contribution in [0.4, 0.5) is 52.7 Å². The van der Waals surface area contributed by atoms with Gasteiger partial charge in [-0.25, -0.2) is 19.4 Å². The Labute approximate surface area is 361 Å². The second kappa shape index (κ2) is 19.3. The van der Waals surface area contributed by atoms with Gasteiger partial charge in [-0.05, 0) is 63.1 Å². The van der Waals surface area contributed by atoms with E-state index in [9.17, 15) is 71.9 Å². The third-order valence-electron chi connectivity index (χ3n) is 8.76. The maximum atomic E-state index is 13.5. The van der Waals surface area contributed by atoms with Crippen LogP contribution < -0.4 is 23.8 Å². The molecule has 0 fully saturated rings. The summed E-state index contributed by atoms with van der Waals surface area (Å²) in [5.41, 5.74) is -4.06. The van der Waals surface area contributed by atoms with E-state index in [1.807, 2.05) is 0 Å². The fourth-order valence-electron chi connectivity index (χ4n) is 5.77. The van der Waals surface area contributed by atoms with E-state index in [1.54, 1.807) is 18.9 Å². The van der Waals surface area contributed by atoms with Crippen molar-refractivity contribution in [2.24, 2.45) is 14.1 Å². The molecule has 64 heavy (non-hydrogen) atoms. The molecule has 28 heteroatoms. The first kappa shape index (κ1) is 52.2. The predicted molar refractivity (Wildman–Crippen MR) is 192 cm³/mol. The minimum absolute atomic E-state index is 0. The maximum Gasteiger partial charge on any atom is 0.451 e. The standard InChI is InChI=1S/C18H14F6N4O3.C14H11ClF3NO2.C4H4F3N3O.ClH/c1-8-13(9(2)31-26-8)14(29)10-4-5-12(17(19,20)21)11(6-10)7-28-16(30)27(3)15(25-28)18(22,23)24;1-7-12(8(2)21-19-7)13(20)9-3-4-11(14(16,17)18)10(5-9)6-15;1-10-2(4(5,6)7)8-9-3(10)11;/h4-6H,7H2,1-3H3;3-5H,6H2,1-2H3;1H3,(H,9,11);1H/p-1. The lowest BCUT2D eigenvalue weighted by atomic mass is 9.97. The van der Waals surface area contributed by atoms with Gasteiger partial charge in [-0.1, -0.05) is 22.4 Å². The van der Waals surface area contributed by atoms with E-state index in [2.05, 4.69) is 20.5 Å². The van der Waals surface area contributed by atoms with Crippen LogP contribution in [0.3, 0.4) is 0 Å². The van der Waals surface area contributed by atoms with E-state index in [0.29, 0.717) is 22.1 Å². The molecule has 0 radical (unpaired) electrons. The van der Waals surface area contributed by atoms with E-state index >= 15 is 0 Å². The Kier molecular flexibility index (Phi) is 15.7. The highest BCUT2D eigenvalue weighted by Gasteiger charge is 2.40. The maximum absolute atomic E-state index is 13.5. The summed E-state index contributed by atoms with van der Waals surface area (Å²) in [6.07, 6.45) is -18.9. The number of aromatic nitrogens is 8. The fraction of sp³-hybridized carbons (Fsp3) is 0.333. The van der Waals surface area contributed by atoms with Gasteiger partial charge in [0, 0.05) is 31.1 Å². The minimum atomic E-state index is -4.98. The van der Waals surface area contributed by atoms with E-state index in [1.165, 1.54) is 13.8 Å². The molecule has 0 spiro atoms. The van der Waals surface area contributed by atoms with Gasteiger partial charge in [0.25, 0.3) is 0 Å². The second-order valence-electron chi connectivity index (χ2n) is 13.2. The van der Waals surface area contributed by atoms with Crippen LogP contribution in [0.1, 0.15) is 88.7 Å². The van der Waals surface area contributed by atoms with Crippen LogP contribution in [0, 0.1) is 27.7 Å². The Hall–Kier alpha value is -6.18. The zero-order valence-corrected chi connectivity index (χ0v) is 34.8. The highest BCUT2D eigenvalue weighted by atomic mass is 35.5. The molecule has 2 aromatic carbocycles. The molecular formula is C36H29Cl2F12N8O6-. The van der Waals surface area contributed by atoms with Crippen molar-refractivity contribution >= 4 is 23.2 Å². The van der Waals surface area contributed by atoms with E-state index in [4.69, 9.17) is 20.6 Å². The first-order valence-electron chi connectivity index (χ1n) is 17.2. The Balaban J connectivity index is 0.000000284. The summed E-state index contributed by atoms with van der Waals surface area (Å²) in [7, 11) is 1.80. The number of carbonyl (C=O) groups is 2. The summed E-state index contributed by atoms with van der Waals surface area (Å²) >= 11 is 5.56. The lowest BCUT2D eigenvalue weighted by Crippen LogP contribution is -3.00. The van der Waals surface area contributed by atoms with Crippen LogP contribution in [0.5, 0.6) is 0 Å². The quantitative estimate of drug-likeness (QED) is 0.131. The van der Waals surface area contributed by atoms with Gasteiger partial charge in [0.05, 0.1) is 40.2 Å². The average molecular weight is 969 g/mol. The van der Waals surface area contributed by atoms with Gasteiger partial charge in [-0.2, -0.15) is 52.7 Å². The molecule has 0 saturated heterocycles. The van der Waals surface area contributed by atoms with Crippen molar-refractivity contribution in [2.75, 3.05) is 0 Å². The number of nitrogens with one attached hydrogen (secondary N) is 1. The highest BCUT2D eigenvalue weighted by Crippen LogP contribution is 2.35. The summed E-state index contributed by atoms with van der Waals surface area (Å²) in [5.74, 6) is -3.76. The van der Waals surface area contributed by atoms with Gasteiger partial charge in [-0.15, -0.1) is 21.8 Å². The topological polar surface area (TPSA) is 177 Å². The van der Waals surface area contributed by atoms with E-state index < -0.39 is 82.5 Å². The molecule has 14 nitrogen and oxygen atoms in total. The molecule has 0 atom stereocenters. The van der Waals surface area contributed by atoms with Crippen molar-refractivity contribution in [2.45, 2.75) is 64.8 Å². The molecule has 0 aliphatic heterocycles. The number of hydrogen-bond acceptors (Lipinski definition) is 10. The van der Waals surface area contributed by atoms with E-state index in [-0.39, 0.29) is 66.8 Å². The molecule has 0 unspecified atom stereocenters. The molecule has 0 aliphatic carbocycles. The molecule has 4 heterocycles. The molecule has 4 aromatic heterocycles. The Morgan fingerprint density at radius 1 is 0.656 bits per heavy atom. The number of carbonyl (C=O) groups excluding carboxylic acids is 2. The van der Waals surface area contributed by atoms with Gasteiger partial charge >= 0.3 is 36.1 Å². The van der Waals surface area contributed by atoms with Gasteiger partial charge in [0.1, 0.15) is 11.5 Å². The van der Waals surface area contributed by atoms with Crippen LogP contribution in [-0.2, 0) is 51.2 Å². The Bertz CT molecular complexity index is 2730. The summed E-state index contributed by atoms with van der Waals surface area (Å²) in [4.78, 5) is 47.6. The smallest absolute Gasteiger partial charge is 0.451 e. The fourth-order valence-corrected chi connectivity index (χ4v) is 5.99. The van der Waals surface area contributed by atoms with Crippen LogP contribution in [0.25, 0.3) is 0 Å². The zero-order chi connectivity index (χ0) is 47.7. The lowest BCUT2D eigenvalue weighted by Gasteiger charge is -2.14. The number of aryl methyl sites for hydroxylation is 4. The van der Waals surface area contributed by atoms with Crippen molar-refractivity contribution in [1.29, 1.82) is 0 Å². The van der Waals surface area contributed by atoms with Crippen LogP contribution in [0.2, 0.25) is 0 Å². The summed E-state index contributed by atoms with van der Waals surface area (Å²) in [6, 6.07) is 5.58. The number of ketones is 2. The van der Waals surface area contributed by atoms with Crippen LogP contribution in [-0.4, -0.2) is 51.0 Å². The molecule has 6 rings (SSSR count). The molecule has 1 N–H and O–H groups in total. The normalized spacial score (nSPS) is 11.9. The molecule has 0 amide bonds. The van der Waals surface area contributed by atoms with Gasteiger partial charge in [-0.3, -0.25) is 18.7 Å². The molecule has 0 bridgehead atoms. The lowest BCUT2D eigenvalue weighted by molar-refractivity contribution is -0.148. The number of hydrogen-bond donors (Lipinski definition) is 1. The van der Waals surface area contributed by atoms with E-state index in [0.717, 1.165) is 44.4 Å². The number of benzene rings is 2. The van der Waals surface area contributed by atoms with Crippen molar-refractivity contribution < 1.29 is 83.7 Å². The van der Waals surface area contributed by atoms with Crippen molar-refractivity contribution in [3.63, 3.8) is 0 Å². The van der Waals surface area contributed by atoms with Crippen LogP contribution >= 0.6 is 11.6 Å². The third kappa shape index (κ3) is 11.5.